The van der Waals surface area contributed by atoms with Gasteiger partial charge in [-0.15, -0.1) is 0 Å². The van der Waals surface area contributed by atoms with Crippen molar-refractivity contribution >= 4 is 96.2 Å². The van der Waals surface area contributed by atoms with Gasteiger partial charge in [0, 0.05) is 61.8 Å². The molecule has 0 spiro atoms. The Hall–Kier alpha value is -8.68. The topological polar surface area (TPSA) is 51.2 Å². The largest absolute Gasteiger partial charge is 0.456 e. The average Bonchev–Trinajstić information content (AvgIpc) is 4.15. The van der Waals surface area contributed by atoms with Crippen molar-refractivity contribution in [1.82, 2.24) is 0 Å². The van der Waals surface area contributed by atoms with Gasteiger partial charge in [0.25, 0.3) is 6.71 Å². The number of fused-ring (bicyclic) bond motifs is 11. The van der Waals surface area contributed by atoms with Crippen LogP contribution < -0.4 is 35.7 Å². The summed E-state index contributed by atoms with van der Waals surface area (Å²) in [5.74, 6) is 2.50. The number of nitrogens with zero attached hydrogens (tertiary/aromatic N) is 2. The van der Waals surface area contributed by atoms with E-state index in [1.807, 2.05) is 12.1 Å². The number of rotatable bonds is 5. The Morgan fingerprint density at radius 2 is 1.15 bits per heavy atom. The van der Waals surface area contributed by atoms with E-state index in [1.54, 1.807) is 0 Å². The van der Waals surface area contributed by atoms with E-state index in [0.717, 1.165) is 125 Å². The summed E-state index contributed by atoms with van der Waals surface area (Å²) in [6, 6.07) is 64.8. The quantitative estimate of drug-likeness (QED) is 0.160. The van der Waals surface area contributed by atoms with Gasteiger partial charge in [0.15, 0.2) is 11.5 Å². The predicted octanol–water partition coefficient (Wildman–Crippen LogP) is 15.7. The second-order valence-corrected chi connectivity index (χ2v) is 21.2. The van der Waals surface area contributed by atoms with E-state index in [0.29, 0.717) is 0 Å². The predicted molar refractivity (Wildman–Crippen MR) is 301 cm³/mol. The Bertz CT molecular complexity index is 4140. The van der Waals surface area contributed by atoms with E-state index in [9.17, 15) is 0 Å². The summed E-state index contributed by atoms with van der Waals surface area (Å²) in [7, 11) is 0. The Labute approximate surface area is 424 Å². The minimum absolute atomic E-state index is 0.0591. The second kappa shape index (κ2) is 15.7. The minimum Gasteiger partial charge on any atom is -0.456 e. The van der Waals surface area contributed by atoms with E-state index in [-0.39, 0.29) is 18.9 Å². The molecule has 1 aliphatic carbocycles. The lowest BCUT2D eigenvalue weighted by molar-refractivity contribution is 0.174. The molecule has 3 aliphatic heterocycles. The number of ether oxygens (including phenoxy) is 2. The highest BCUT2D eigenvalue weighted by Gasteiger charge is 2.45. The summed E-state index contributed by atoms with van der Waals surface area (Å²) >= 11 is 0. The Kier molecular flexibility index (Phi) is 9.02. The third kappa shape index (κ3) is 6.51. The number of furan rings is 2. The third-order valence-electron chi connectivity index (χ3n) is 15.7. The molecule has 11 aromatic rings. The maximum atomic E-state index is 6.47. The van der Waals surface area contributed by atoms with E-state index in [1.165, 1.54) is 38.6 Å². The van der Waals surface area contributed by atoms with Gasteiger partial charge in [-0.3, -0.25) is 0 Å². The SMILES string of the molecule is Cc1cc2c3c(c1)N(c1ccc(C(C)(C)C)cc1-c1ccccc1)c1cc4c(cc1B3c1cc(-c3ccc5c(c3)oc3ccccc35)ccc1N2c1ccc(-c2ccc3c5c(oc3c2)C=CCC5)cc1)OCO4. The first kappa shape index (κ1) is 42.0. The van der Waals surface area contributed by atoms with Gasteiger partial charge in [0.2, 0.25) is 6.79 Å². The van der Waals surface area contributed by atoms with Crippen LogP contribution in [0.5, 0.6) is 11.5 Å². The van der Waals surface area contributed by atoms with Crippen molar-refractivity contribution in [2.24, 2.45) is 0 Å². The fraction of sp³-hybridized carbons (Fsp3) is 0.121. The van der Waals surface area contributed by atoms with Crippen LogP contribution in [0.3, 0.4) is 0 Å². The van der Waals surface area contributed by atoms with E-state index in [2.05, 4.69) is 213 Å². The van der Waals surface area contributed by atoms with Gasteiger partial charge in [0.1, 0.15) is 22.5 Å². The molecular formula is C66H49BN2O4. The van der Waals surface area contributed by atoms with Gasteiger partial charge in [0.05, 0.1) is 5.69 Å². The highest BCUT2D eigenvalue weighted by molar-refractivity contribution is 7.00. The fourth-order valence-electron chi connectivity index (χ4n) is 12.2. The van der Waals surface area contributed by atoms with E-state index in [4.69, 9.17) is 18.3 Å². The van der Waals surface area contributed by atoms with Gasteiger partial charge < -0.3 is 28.1 Å². The first-order valence-corrected chi connectivity index (χ1v) is 25.5. The zero-order valence-electron chi connectivity index (χ0n) is 41.1. The first-order chi connectivity index (χ1) is 35.7. The average molecular weight is 945 g/mol. The van der Waals surface area contributed by atoms with Crippen molar-refractivity contribution in [3.05, 3.63) is 204 Å². The zero-order chi connectivity index (χ0) is 48.7. The molecule has 0 saturated carbocycles. The molecule has 5 heterocycles. The van der Waals surface area contributed by atoms with Crippen molar-refractivity contribution in [1.29, 1.82) is 0 Å². The lowest BCUT2D eigenvalue weighted by Gasteiger charge is -2.45. The molecule has 7 heteroatoms. The standard InChI is InChI=1S/C66H49BN2O4/c1-39-30-57-65-58(31-39)69(54-29-23-45(66(2,3)4)35-51(54)41-12-6-5-7-13-41)56-37-64-63(70-38-71-64)36-53(56)67(65)52-32-42(44-21-27-50-48-15-9-11-17-60(48)73-62(50)34-44)22-28-55(52)68(57)46-24-18-40(19-25-46)43-20-26-49-47-14-8-10-16-59(47)72-61(49)33-43/h5-7,9-13,15-37H,8,14,38H2,1-4H3. The highest BCUT2D eigenvalue weighted by atomic mass is 16.7. The molecule has 4 aliphatic rings. The van der Waals surface area contributed by atoms with Crippen LogP contribution in [0.25, 0.3) is 72.4 Å². The van der Waals surface area contributed by atoms with Crippen LogP contribution in [0.2, 0.25) is 0 Å². The number of allylic oxidation sites excluding steroid dienone is 1. The molecule has 73 heavy (non-hydrogen) atoms. The minimum atomic E-state index is -0.151. The Morgan fingerprint density at radius 1 is 0.493 bits per heavy atom. The first-order valence-electron chi connectivity index (χ1n) is 25.5. The maximum Gasteiger partial charge on any atom is 0.252 e. The molecule has 0 unspecified atom stereocenters. The maximum absolute atomic E-state index is 6.47. The summed E-state index contributed by atoms with van der Waals surface area (Å²) in [6.45, 7) is 9.13. The lowest BCUT2D eigenvalue weighted by atomic mass is 9.33. The molecule has 0 saturated heterocycles. The molecule has 2 aromatic heterocycles. The van der Waals surface area contributed by atoms with Crippen molar-refractivity contribution < 1.29 is 18.3 Å². The summed E-state index contributed by atoms with van der Waals surface area (Å²) in [6.07, 6.45) is 6.38. The van der Waals surface area contributed by atoms with Gasteiger partial charge in [-0.2, -0.15) is 0 Å². The van der Waals surface area contributed by atoms with Crippen molar-refractivity contribution in [2.45, 2.75) is 46.0 Å². The number of hydrogen-bond acceptors (Lipinski definition) is 6. The smallest absolute Gasteiger partial charge is 0.252 e. The molecule has 9 aromatic carbocycles. The summed E-state index contributed by atoms with van der Waals surface area (Å²) in [4.78, 5) is 4.99. The number of hydrogen-bond donors (Lipinski definition) is 0. The number of aryl methyl sites for hydroxylation is 2. The van der Waals surface area contributed by atoms with Gasteiger partial charge >= 0.3 is 0 Å². The lowest BCUT2D eigenvalue weighted by Crippen LogP contribution is -2.61. The molecule has 0 fully saturated rings. The van der Waals surface area contributed by atoms with E-state index < -0.39 is 0 Å². The van der Waals surface area contributed by atoms with Gasteiger partial charge in [-0.1, -0.05) is 124 Å². The van der Waals surface area contributed by atoms with Crippen LogP contribution in [-0.2, 0) is 11.8 Å². The van der Waals surface area contributed by atoms with Crippen LogP contribution in [0.4, 0.5) is 34.1 Å². The second-order valence-electron chi connectivity index (χ2n) is 21.2. The summed E-state index contributed by atoms with van der Waals surface area (Å²) in [5.41, 5.74) is 23.5. The Morgan fingerprint density at radius 3 is 1.97 bits per heavy atom. The normalized spacial score (nSPS) is 14.2. The molecule has 0 bridgehead atoms. The number of para-hydroxylation sites is 1. The van der Waals surface area contributed by atoms with Crippen LogP contribution >= 0.6 is 0 Å². The monoisotopic (exact) mass is 944 g/mol. The molecule has 6 nitrogen and oxygen atoms in total. The van der Waals surface area contributed by atoms with E-state index >= 15 is 0 Å². The number of anilines is 6. The molecule has 350 valence electrons. The number of benzene rings is 9. The summed E-state index contributed by atoms with van der Waals surface area (Å²) in [5, 5.41) is 3.45. The van der Waals surface area contributed by atoms with Crippen LogP contribution in [0.1, 0.15) is 49.6 Å². The van der Waals surface area contributed by atoms with Gasteiger partial charge in [-0.25, -0.2) is 0 Å². The van der Waals surface area contributed by atoms with Crippen LogP contribution in [-0.4, -0.2) is 13.5 Å². The molecule has 0 N–H and O–H groups in total. The van der Waals surface area contributed by atoms with Crippen molar-refractivity contribution in [3.63, 3.8) is 0 Å². The van der Waals surface area contributed by atoms with Crippen molar-refractivity contribution in [2.75, 3.05) is 16.6 Å². The van der Waals surface area contributed by atoms with Gasteiger partial charge in [-0.05, 0) is 159 Å². The zero-order valence-corrected chi connectivity index (χ0v) is 41.1. The molecule has 15 rings (SSSR count). The Balaban J connectivity index is 0.959. The summed E-state index contributed by atoms with van der Waals surface area (Å²) < 4.78 is 25.4. The van der Waals surface area contributed by atoms with Crippen LogP contribution in [0, 0.1) is 6.92 Å². The molecular weight excluding hydrogens is 896 g/mol. The fourth-order valence-corrected chi connectivity index (χ4v) is 12.2. The van der Waals surface area contributed by atoms with Crippen LogP contribution in [0.15, 0.2) is 191 Å². The highest BCUT2D eigenvalue weighted by Crippen LogP contribution is 2.50. The molecule has 0 atom stereocenters. The molecule has 0 radical (unpaired) electrons. The molecule has 0 amide bonds. The van der Waals surface area contributed by atoms with Crippen molar-refractivity contribution in [3.8, 4) is 44.9 Å². The third-order valence-corrected chi connectivity index (χ3v) is 15.7.